The van der Waals surface area contributed by atoms with Gasteiger partial charge in [0, 0.05) is 12.3 Å². The van der Waals surface area contributed by atoms with Gasteiger partial charge in [-0.1, -0.05) is 11.8 Å². The molecular formula is C15H24N2O3S. The summed E-state index contributed by atoms with van der Waals surface area (Å²) in [4.78, 5) is 16.2. The number of thioether (sulfide) groups is 1. The molecule has 118 valence electrons. The summed E-state index contributed by atoms with van der Waals surface area (Å²) in [6, 6.07) is 0. The van der Waals surface area contributed by atoms with Crippen molar-refractivity contribution in [3.05, 3.63) is 11.4 Å². The van der Waals surface area contributed by atoms with Gasteiger partial charge < -0.3 is 14.0 Å². The summed E-state index contributed by atoms with van der Waals surface area (Å²) >= 11 is 1.44. The molecule has 0 N–H and O–H groups in total. The molecular weight excluding hydrogens is 288 g/mol. The molecule has 1 saturated heterocycles. The number of nitrogens with zero attached hydrogens (tertiary/aromatic N) is 2. The van der Waals surface area contributed by atoms with E-state index in [-0.39, 0.29) is 18.2 Å². The SMILES string of the molecule is Cc1nc(SCC(=O)OC(C)C)n(CC2CCCO2)c1C. The van der Waals surface area contributed by atoms with Crippen molar-refractivity contribution in [2.24, 2.45) is 0 Å². The highest BCUT2D eigenvalue weighted by Crippen LogP contribution is 2.24. The van der Waals surface area contributed by atoms with Crippen LogP contribution in [0.15, 0.2) is 5.16 Å². The molecule has 2 heterocycles. The molecule has 1 aliphatic heterocycles. The topological polar surface area (TPSA) is 53.3 Å². The van der Waals surface area contributed by atoms with Crippen LogP contribution in [-0.2, 0) is 20.8 Å². The Labute approximate surface area is 130 Å². The van der Waals surface area contributed by atoms with Gasteiger partial charge in [0.1, 0.15) is 0 Å². The summed E-state index contributed by atoms with van der Waals surface area (Å²) in [5, 5.41) is 0.876. The first-order valence-electron chi connectivity index (χ1n) is 7.45. The number of hydrogen-bond donors (Lipinski definition) is 0. The van der Waals surface area contributed by atoms with Gasteiger partial charge >= 0.3 is 5.97 Å². The fourth-order valence-electron chi connectivity index (χ4n) is 2.36. The van der Waals surface area contributed by atoms with Crippen LogP contribution in [0.5, 0.6) is 0 Å². The first-order chi connectivity index (χ1) is 9.97. The van der Waals surface area contributed by atoms with Crippen LogP contribution in [0.2, 0.25) is 0 Å². The van der Waals surface area contributed by atoms with Crippen molar-refractivity contribution in [2.45, 2.75) is 64.4 Å². The molecule has 2 rings (SSSR count). The average molecular weight is 312 g/mol. The van der Waals surface area contributed by atoms with E-state index in [1.165, 1.54) is 11.8 Å². The van der Waals surface area contributed by atoms with Gasteiger partial charge in [0.15, 0.2) is 5.16 Å². The highest BCUT2D eigenvalue weighted by molar-refractivity contribution is 7.99. The van der Waals surface area contributed by atoms with E-state index >= 15 is 0 Å². The van der Waals surface area contributed by atoms with E-state index in [0.717, 1.165) is 42.5 Å². The lowest BCUT2D eigenvalue weighted by molar-refractivity contribution is -0.144. The maximum atomic E-state index is 11.7. The second-order valence-electron chi connectivity index (χ2n) is 5.64. The number of imidazole rings is 1. The standard InChI is InChI=1S/C15H24N2O3S/c1-10(2)20-14(18)9-21-15-16-11(3)12(4)17(15)8-13-6-5-7-19-13/h10,13H,5-9H2,1-4H3. The van der Waals surface area contributed by atoms with Gasteiger partial charge in [-0.2, -0.15) is 0 Å². The van der Waals surface area contributed by atoms with Gasteiger partial charge in [0.25, 0.3) is 0 Å². The molecule has 1 aliphatic rings. The van der Waals surface area contributed by atoms with E-state index in [1.807, 2.05) is 20.8 Å². The molecule has 21 heavy (non-hydrogen) atoms. The Bertz CT molecular complexity index is 493. The maximum absolute atomic E-state index is 11.7. The first kappa shape index (κ1) is 16.4. The zero-order valence-electron chi connectivity index (χ0n) is 13.2. The van der Waals surface area contributed by atoms with Crippen molar-refractivity contribution in [3.8, 4) is 0 Å². The van der Waals surface area contributed by atoms with Crippen LogP contribution in [0.25, 0.3) is 0 Å². The predicted octanol–water partition coefficient (Wildman–Crippen LogP) is 2.72. The third-order valence-corrected chi connectivity index (χ3v) is 4.47. The van der Waals surface area contributed by atoms with E-state index in [9.17, 15) is 4.79 Å². The molecule has 1 aromatic rings. The molecule has 1 fully saturated rings. The lowest BCUT2D eigenvalue weighted by atomic mass is 10.2. The van der Waals surface area contributed by atoms with Gasteiger partial charge in [0.2, 0.25) is 0 Å². The molecule has 0 amide bonds. The molecule has 6 heteroatoms. The van der Waals surface area contributed by atoms with Crippen LogP contribution < -0.4 is 0 Å². The Kier molecular flexibility index (Phi) is 5.70. The Balaban J connectivity index is 2.01. The predicted molar refractivity (Wildman–Crippen MR) is 82.6 cm³/mol. The Morgan fingerprint density at radius 1 is 1.52 bits per heavy atom. The summed E-state index contributed by atoms with van der Waals surface area (Å²) < 4.78 is 13.0. The van der Waals surface area contributed by atoms with Crippen LogP contribution in [0.1, 0.15) is 38.1 Å². The molecule has 0 radical (unpaired) electrons. The molecule has 0 aromatic carbocycles. The van der Waals surface area contributed by atoms with E-state index < -0.39 is 0 Å². The van der Waals surface area contributed by atoms with Gasteiger partial charge in [-0.3, -0.25) is 4.79 Å². The minimum atomic E-state index is -0.197. The van der Waals surface area contributed by atoms with Gasteiger partial charge in [-0.15, -0.1) is 0 Å². The zero-order valence-corrected chi connectivity index (χ0v) is 14.0. The number of esters is 1. The number of aromatic nitrogens is 2. The first-order valence-corrected chi connectivity index (χ1v) is 8.43. The molecule has 0 spiro atoms. The minimum Gasteiger partial charge on any atom is -0.462 e. The van der Waals surface area contributed by atoms with Crippen LogP contribution in [0.3, 0.4) is 0 Å². The summed E-state index contributed by atoms with van der Waals surface area (Å²) in [7, 11) is 0. The number of hydrogen-bond acceptors (Lipinski definition) is 5. The van der Waals surface area contributed by atoms with E-state index in [1.54, 1.807) is 0 Å². The van der Waals surface area contributed by atoms with Crippen LogP contribution in [0, 0.1) is 13.8 Å². The summed E-state index contributed by atoms with van der Waals surface area (Å²) in [5.41, 5.74) is 2.15. The molecule has 0 bridgehead atoms. The fourth-order valence-corrected chi connectivity index (χ4v) is 3.24. The second kappa shape index (κ2) is 7.31. The Hall–Kier alpha value is -1.01. The number of aryl methyl sites for hydroxylation is 1. The third kappa shape index (κ3) is 4.48. The fraction of sp³-hybridized carbons (Fsp3) is 0.733. The Morgan fingerprint density at radius 2 is 2.29 bits per heavy atom. The molecule has 0 aliphatic carbocycles. The van der Waals surface area contributed by atoms with Gasteiger partial charge in [-0.25, -0.2) is 4.98 Å². The zero-order chi connectivity index (χ0) is 15.4. The summed E-state index contributed by atoms with van der Waals surface area (Å²) in [5.74, 6) is 0.0940. The Morgan fingerprint density at radius 3 is 2.90 bits per heavy atom. The lowest BCUT2D eigenvalue weighted by Gasteiger charge is -2.14. The van der Waals surface area contributed by atoms with Crippen molar-refractivity contribution in [1.82, 2.24) is 9.55 Å². The van der Waals surface area contributed by atoms with Crippen LogP contribution in [-0.4, -0.2) is 40.1 Å². The maximum Gasteiger partial charge on any atom is 0.316 e. The minimum absolute atomic E-state index is 0.0757. The number of rotatable bonds is 6. The highest BCUT2D eigenvalue weighted by Gasteiger charge is 2.21. The van der Waals surface area contributed by atoms with Gasteiger partial charge in [0.05, 0.1) is 30.2 Å². The van der Waals surface area contributed by atoms with E-state index in [0.29, 0.717) is 5.75 Å². The van der Waals surface area contributed by atoms with Crippen molar-refractivity contribution in [3.63, 3.8) is 0 Å². The molecule has 5 nitrogen and oxygen atoms in total. The van der Waals surface area contributed by atoms with Crippen molar-refractivity contribution in [1.29, 1.82) is 0 Å². The van der Waals surface area contributed by atoms with E-state index in [4.69, 9.17) is 9.47 Å². The summed E-state index contributed by atoms with van der Waals surface area (Å²) in [6.07, 6.45) is 2.41. The van der Waals surface area contributed by atoms with Crippen LogP contribution in [0.4, 0.5) is 0 Å². The van der Waals surface area contributed by atoms with Crippen molar-refractivity contribution in [2.75, 3.05) is 12.4 Å². The van der Waals surface area contributed by atoms with Crippen molar-refractivity contribution >= 4 is 17.7 Å². The number of carbonyl (C=O) groups is 1. The molecule has 1 unspecified atom stereocenters. The van der Waals surface area contributed by atoms with E-state index in [2.05, 4.69) is 16.5 Å². The highest BCUT2D eigenvalue weighted by atomic mass is 32.2. The number of carbonyl (C=O) groups excluding carboxylic acids is 1. The number of ether oxygens (including phenoxy) is 2. The van der Waals surface area contributed by atoms with Crippen LogP contribution >= 0.6 is 11.8 Å². The smallest absolute Gasteiger partial charge is 0.316 e. The second-order valence-corrected chi connectivity index (χ2v) is 6.58. The third-order valence-electron chi connectivity index (χ3n) is 3.52. The molecule has 0 saturated carbocycles. The van der Waals surface area contributed by atoms with Gasteiger partial charge in [-0.05, 0) is 40.5 Å². The molecule has 1 aromatic heterocycles. The quantitative estimate of drug-likeness (QED) is 0.597. The monoisotopic (exact) mass is 312 g/mol. The average Bonchev–Trinajstić information content (AvgIpc) is 3.00. The molecule has 1 atom stereocenters. The normalized spacial score (nSPS) is 18.4. The lowest BCUT2D eigenvalue weighted by Crippen LogP contribution is -2.18. The summed E-state index contributed by atoms with van der Waals surface area (Å²) in [6.45, 7) is 9.44. The van der Waals surface area contributed by atoms with Crippen molar-refractivity contribution < 1.29 is 14.3 Å². The largest absolute Gasteiger partial charge is 0.462 e.